The number of benzene rings is 1. The van der Waals surface area contributed by atoms with Crippen LogP contribution in [0.5, 0.6) is 5.75 Å². The fraction of sp³-hybridized carbons (Fsp3) is 0.500. The zero-order chi connectivity index (χ0) is 11.4. The second kappa shape index (κ2) is 5.12. The third-order valence-corrected chi connectivity index (χ3v) is 2.68. The van der Waals surface area contributed by atoms with Crippen molar-refractivity contribution < 1.29 is 9.13 Å². The van der Waals surface area contributed by atoms with Crippen molar-refractivity contribution in [2.24, 2.45) is 5.73 Å². The molecule has 0 amide bonds. The maximum absolute atomic E-state index is 13.5. The quantitative estimate of drug-likeness (QED) is 0.829. The first kappa shape index (κ1) is 12.0. The predicted molar refractivity (Wildman–Crippen MR) is 59.8 cm³/mol. The van der Waals surface area contributed by atoms with Gasteiger partial charge in [0.1, 0.15) is 11.6 Å². The average molecular weight is 211 g/mol. The summed E-state index contributed by atoms with van der Waals surface area (Å²) >= 11 is 0. The molecule has 1 rings (SSSR count). The van der Waals surface area contributed by atoms with E-state index in [-0.39, 0.29) is 5.82 Å². The average Bonchev–Trinajstić information content (AvgIpc) is 2.22. The molecule has 0 atom stereocenters. The molecule has 0 unspecified atom stereocenters. The van der Waals surface area contributed by atoms with Gasteiger partial charge >= 0.3 is 0 Å². The molecule has 1 aromatic rings. The largest absolute Gasteiger partial charge is 0.496 e. The van der Waals surface area contributed by atoms with Gasteiger partial charge in [-0.15, -0.1) is 0 Å². The lowest BCUT2D eigenvalue weighted by atomic mass is 9.99. The highest BCUT2D eigenvalue weighted by Crippen LogP contribution is 2.28. The first-order valence-corrected chi connectivity index (χ1v) is 5.14. The van der Waals surface area contributed by atoms with Crippen molar-refractivity contribution in [3.63, 3.8) is 0 Å². The molecule has 0 aliphatic carbocycles. The maximum Gasteiger partial charge on any atom is 0.130 e. The number of ether oxygens (including phenoxy) is 1. The molecule has 2 nitrogen and oxygen atoms in total. The van der Waals surface area contributed by atoms with E-state index < -0.39 is 0 Å². The van der Waals surface area contributed by atoms with Crippen LogP contribution in [0.2, 0.25) is 0 Å². The first-order valence-electron chi connectivity index (χ1n) is 5.14. The Morgan fingerprint density at radius 3 is 2.53 bits per heavy atom. The summed E-state index contributed by atoms with van der Waals surface area (Å²) in [6.45, 7) is 4.31. The van der Waals surface area contributed by atoms with Crippen LogP contribution in [-0.4, -0.2) is 13.7 Å². The van der Waals surface area contributed by atoms with E-state index in [0.717, 1.165) is 24.0 Å². The molecule has 0 bridgehead atoms. The Balaban J connectivity index is 3.12. The Morgan fingerprint density at radius 2 is 2.00 bits per heavy atom. The molecule has 3 heteroatoms. The topological polar surface area (TPSA) is 35.2 Å². The van der Waals surface area contributed by atoms with Gasteiger partial charge < -0.3 is 10.5 Å². The third-order valence-electron chi connectivity index (χ3n) is 2.68. The lowest BCUT2D eigenvalue weighted by Crippen LogP contribution is -2.04. The number of rotatable bonds is 4. The molecule has 0 saturated heterocycles. The number of hydrogen-bond donors (Lipinski definition) is 1. The fourth-order valence-electron chi connectivity index (χ4n) is 1.76. The van der Waals surface area contributed by atoms with Gasteiger partial charge in [-0.25, -0.2) is 4.39 Å². The summed E-state index contributed by atoms with van der Waals surface area (Å²) in [6, 6.07) is 1.59. The molecule has 84 valence electrons. The van der Waals surface area contributed by atoms with Crippen LogP contribution < -0.4 is 10.5 Å². The van der Waals surface area contributed by atoms with Crippen LogP contribution in [-0.2, 0) is 6.42 Å². The van der Waals surface area contributed by atoms with Crippen LogP contribution in [0.15, 0.2) is 6.07 Å². The zero-order valence-electron chi connectivity index (χ0n) is 9.56. The number of methoxy groups -OCH3 is 1. The van der Waals surface area contributed by atoms with E-state index in [1.54, 1.807) is 20.1 Å². The van der Waals surface area contributed by atoms with Gasteiger partial charge in [0, 0.05) is 5.56 Å². The van der Waals surface area contributed by atoms with Crippen molar-refractivity contribution in [1.82, 2.24) is 0 Å². The van der Waals surface area contributed by atoms with Crippen molar-refractivity contribution >= 4 is 0 Å². The summed E-state index contributed by atoms with van der Waals surface area (Å²) in [7, 11) is 1.57. The highest BCUT2D eigenvalue weighted by molar-refractivity contribution is 5.46. The molecule has 15 heavy (non-hydrogen) atoms. The van der Waals surface area contributed by atoms with Gasteiger partial charge in [-0.2, -0.15) is 0 Å². The summed E-state index contributed by atoms with van der Waals surface area (Å²) in [5.74, 6) is 0.450. The Kier molecular flexibility index (Phi) is 4.09. The number of nitrogens with two attached hydrogens (primary N) is 1. The van der Waals surface area contributed by atoms with Gasteiger partial charge in [0.25, 0.3) is 0 Å². The van der Waals surface area contributed by atoms with E-state index in [1.807, 2.05) is 6.92 Å². The molecule has 0 aliphatic rings. The highest BCUT2D eigenvalue weighted by atomic mass is 19.1. The molecule has 0 heterocycles. The number of hydrogen-bond acceptors (Lipinski definition) is 2. The third kappa shape index (κ3) is 2.48. The Morgan fingerprint density at radius 1 is 1.33 bits per heavy atom. The van der Waals surface area contributed by atoms with Crippen LogP contribution in [0.25, 0.3) is 0 Å². The first-order chi connectivity index (χ1) is 7.11. The van der Waals surface area contributed by atoms with Crippen LogP contribution in [0.1, 0.15) is 23.1 Å². The molecular weight excluding hydrogens is 193 g/mol. The molecule has 0 fully saturated rings. The summed E-state index contributed by atoms with van der Waals surface area (Å²) < 4.78 is 18.7. The Bertz CT molecular complexity index is 350. The minimum absolute atomic E-state index is 0.204. The SMILES string of the molecule is COc1c(C)c(F)cc(CCCN)c1C. The van der Waals surface area contributed by atoms with Crippen LogP contribution >= 0.6 is 0 Å². The smallest absolute Gasteiger partial charge is 0.130 e. The molecule has 0 saturated carbocycles. The van der Waals surface area contributed by atoms with Crippen LogP contribution in [0, 0.1) is 19.7 Å². The lowest BCUT2D eigenvalue weighted by molar-refractivity contribution is 0.403. The van der Waals surface area contributed by atoms with Gasteiger partial charge in [0.2, 0.25) is 0 Å². The number of halogens is 1. The molecule has 0 spiro atoms. The lowest BCUT2D eigenvalue weighted by Gasteiger charge is -2.13. The molecular formula is C12H18FNO. The van der Waals surface area contributed by atoms with Gasteiger partial charge in [-0.3, -0.25) is 0 Å². The molecule has 2 N–H and O–H groups in total. The van der Waals surface area contributed by atoms with Crippen molar-refractivity contribution in [1.29, 1.82) is 0 Å². The van der Waals surface area contributed by atoms with E-state index in [9.17, 15) is 4.39 Å². The van der Waals surface area contributed by atoms with E-state index in [0.29, 0.717) is 17.9 Å². The Labute approximate surface area is 90.2 Å². The van der Waals surface area contributed by atoms with E-state index >= 15 is 0 Å². The minimum atomic E-state index is -0.204. The van der Waals surface area contributed by atoms with Gasteiger partial charge in [-0.05, 0) is 50.4 Å². The predicted octanol–water partition coefficient (Wildman–Crippen LogP) is 2.34. The normalized spacial score (nSPS) is 10.5. The fourth-order valence-corrected chi connectivity index (χ4v) is 1.76. The minimum Gasteiger partial charge on any atom is -0.496 e. The maximum atomic E-state index is 13.5. The summed E-state index contributed by atoms with van der Waals surface area (Å²) in [4.78, 5) is 0. The van der Waals surface area contributed by atoms with Crippen molar-refractivity contribution in [3.8, 4) is 5.75 Å². The van der Waals surface area contributed by atoms with Gasteiger partial charge in [0.15, 0.2) is 0 Å². The molecule has 1 aromatic carbocycles. The monoisotopic (exact) mass is 211 g/mol. The summed E-state index contributed by atoms with van der Waals surface area (Å²) in [6.07, 6.45) is 1.67. The van der Waals surface area contributed by atoms with Crippen LogP contribution in [0.4, 0.5) is 4.39 Å². The van der Waals surface area contributed by atoms with E-state index in [2.05, 4.69) is 0 Å². The van der Waals surface area contributed by atoms with Crippen molar-refractivity contribution in [2.75, 3.05) is 13.7 Å². The second-order valence-electron chi connectivity index (χ2n) is 3.69. The summed E-state index contributed by atoms with van der Waals surface area (Å²) in [5.41, 5.74) is 8.02. The Hall–Kier alpha value is -1.09. The molecule has 0 aromatic heterocycles. The van der Waals surface area contributed by atoms with Crippen molar-refractivity contribution in [2.45, 2.75) is 26.7 Å². The molecule has 0 aliphatic heterocycles. The zero-order valence-corrected chi connectivity index (χ0v) is 9.56. The van der Waals surface area contributed by atoms with Crippen LogP contribution in [0.3, 0.4) is 0 Å². The van der Waals surface area contributed by atoms with E-state index in [4.69, 9.17) is 10.5 Å². The standard InChI is InChI=1S/C12H18FNO/c1-8-10(5-4-6-14)7-11(13)9(2)12(8)15-3/h7H,4-6,14H2,1-3H3. The summed E-state index contributed by atoms with van der Waals surface area (Å²) in [5, 5.41) is 0. The van der Waals surface area contributed by atoms with Crippen molar-refractivity contribution in [3.05, 3.63) is 28.6 Å². The van der Waals surface area contributed by atoms with Gasteiger partial charge in [0.05, 0.1) is 7.11 Å². The second-order valence-corrected chi connectivity index (χ2v) is 3.69. The highest BCUT2D eigenvalue weighted by Gasteiger charge is 2.12. The van der Waals surface area contributed by atoms with Gasteiger partial charge in [-0.1, -0.05) is 0 Å². The molecule has 0 radical (unpaired) electrons. The number of aryl methyl sites for hydroxylation is 1. The van der Waals surface area contributed by atoms with E-state index in [1.165, 1.54) is 0 Å².